The van der Waals surface area contributed by atoms with E-state index in [1.54, 1.807) is 6.26 Å². The van der Waals surface area contributed by atoms with Crippen molar-refractivity contribution in [2.24, 2.45) is 5.73 Å². The molecule has 3 rings (SSSR count). The normalized spacial score (nSPS) is 29.8. The molecular weight excluding hydrogens is 276 g/mol. The van der Waals surface area contributed by atoms with E-state index in [9.17, 15) is 0 Å². The number of nitrogens with two attached hydrogens (primary N) is 1. The fourth-order valence-electron chi connectivity index (χ4n) is 2.39. The largest absolute Gasteiger partial charge is 0.497 e. The summed E-state index contributed by atoms with van der Waals surface area (Å²) in [6.07, 6.45) is 3.23. The lowest BCUT2D eigenvalue weighted by molar-refractivity contribution is 0.149. The first-order valence-corrected chi connectivity index (χ1v) is 6.02. The Hall–Kier alpha value is -0.455. The van der Waals surface area contributed by atoms with E-state index in [-0.39, 0.29) is 31.7 Å². The van der Waals surface area contributed by atoms with Gasteiger partial charge in [-0.15, -0.1) is 12.4 Å². The molecule has 2 N–H and O–H groups in total. The van der Waals surface area contributed by atoms with E-state index >= 15 is 0 Å². The maximum atomic E-state index is 6.31. The molecule has 0 radical (unpaired) electrons. The maximum absolute atomic E-state index is 6.31. The van der Waals surface area contributed by atoms with Crippen LogP contribution in [0.3, 0.4) is 0 Å². The third kappa shape index (κ3) is 2.00. The lowest BCUT2D eigenvalue weighted by Crippen LogP contribution is -2.38. The van der Waals surface area contributed by atoms with Crippen molar-refractivity contribution in [1.82, 2.24) is 0 Å². The van der Waals surface area contributed by atoms with Crippen LogP contribution in [-0.2, 0) is 14.0 Å². The lowest BCUT2D eigenvalue weighted by Gasteiger charge is -2.27. The summed E-state index contributed by atoms with van der Waals surface area (Å²) in [6.45, 7) is 2.85. The fourth-order valence-corrected chi connectivity index (χ4v) is 2.70. The van der Waals surface area contributed by atoms with Gasteiger partial charge in [-0.25, -0.2) is 0 Å². The monoisotopic (exact) mass is 289 g/mol. The van der Waals surface area contributed by atoms with E-state index in [0.29, 0.717) is 18.2 Å². The number of hydrogen-bond acceptors (Lipinski definition) is 4. The molecule has 0 fully saturated rings. The SMILES string of the molecule is CC1OB2OC(CN)C(Cl)=C3C=COCC1=C23.Cl. The highest BCUT2D eigenvalue weighted by Crippen LogP contribution is 2.40. The second-order valence-electron chi connectivity index (χ2n) is 4.28. The summed E-state index contributed by atoms with van der Waals surface area (Å²) in [6, 6.07) is 0. The van der Waals surface area contributed by atoms with Gasteiger partial charge in [0.25, 0.3) is 0 Å². The summed E-state index contributed by atoms with van der Waals surface area (Å²) in [5.41, 5.74) is 8.70. The molecule has 3 aliphatic heterocycles. The number of halogens is 2. The molecule has 3 heterocycles. The summed E-state index contributed by atoms with van der Waals surface area (Å²) in [4.78, 5) is 0. The summed E-state index contributed by atoms with van der Waals surface area (Å²) in [7, 11) is -0.364. The molecule has 2 atom stereocenters. The molecule has 0 saturated carbocycles. The zero-order valence-corrected chi connectivity index (χ0v) is 11.5. The van der Waals surface area contributed by atoms with Crippen molar-refractivity contribution in [3.63, 3.8) is 0 Å². The summed E-state index contributed by atoms with van der Waals surface area (Å²) < 4.78 is 16.9. The summed E-state index contributed by atoms with van der Waals surface area (Å²) >= 11 is 6.31. The first-order valence-electron chi connectivity index (χ1n) is 5.64. The molecule has 3 aliphatic rings. The van der Waals surface area contributed by atoms with Crippen LogP contribution in [0.5, 0.6) is 0 Å². The van der Waals surface area contributed by atoms with E-state index in [1.807, 2.05) is 13.0 Å². The summed E-state index contributed by atoms with van der Waals surface area (Å²) in [5, 5.41) is 0.635. The second-order valence-corrected chi connectivity index (χ2v) is 4.69. The van der Waals surface area contributed by atoms with Crippen LogP contribution in [0.2, 0.25) is 0 Å². The van der Waals surface area contributed by atoms with Crippen molar-refractivity contribution < 1.29 is 14.0 Å². The Balaban J connectivity index is 0.00000120. The van der Waals surface area contributed by atoms with Crippen molar-refractivity contribution in [1.29, 1.82) is 0 Å². The number of ether oxygens (including phenoxy) is 1. The maximum Gasteiger partial charge on any atom is 0.495 e. The Morgan fingerprint density at radius 1 is 1.50 bits per heavy atom. The van der Waals surface area contributed by atoms with Gasteiger partial charge >= 0.3 is 7.12 Å². The molecule has 0 aliphatic carbocycles. The van der Waals surface area contributed by atoms with E-state index < -0.39 is 0 Å². The van der Waals surface area contributed by atoms with Gasteiger partial charge in [-0.05, 0) is 29.6 Å². The predicted molar refractivity (Wildman–Crippen MR) is 72.5 cm³/mol. The van der Waals surface area contributed by atoms with Gasteiger partial charge in [-0.2, -0.15) is 0 Å². The number of allylic oxidation sites excluding steroid dienone is 3. The van der Waals surface area contributed by atoms with Crippen LogP contribution in [0.1, 0.15) is 6.92 Å². The van der Waals surface area contributed by atoms with Crippen LogP contribution in [0, 0.1) is 0 Å². The van der Waals surface area contributed by atoms with E-state index in [4.69, 9.17) is 31.4 Å². The third-order valence-corrected chi connectivity index (χ3v) is 3.75. The average molecular weight is 290 g/mol. The Labute approximate surface area is 117 Å². The molecule has 0 aromatic rings. The Kier molecular flexibility index (Phi) is 4.09. The van der Waals surface area contributed by atoms with Crippen molar-refractivity contribution in [2.75, 3.05) is 13.2 Å². The highest BCUT2D eigenvalue weighted by Gasteiger charge is 2.45. The third-order valence-electron chi connectivity index (χ3n) is 3.30. The van der Waals surface area contributed by atoms with Crippen molar-refractivity contribution in [2.45, 2.75) is 19.1 Å². The number of hydrogen-bond donors (Lipinski definition) is 1. The highest BCUT2D eigenvalue weighted by molar-refractivity contribution is 6.58. The van der Waals surface area contributed by atoms with E-state index in [1.165, 1.54) is 0 Å². The van der Waals surface area contributed by atoms with Crippen LogP contribution in [0.15, 0.2) is 34.0 Å². The molecule has 2 unspecified atom stereocenters. The van der Waals surface area contributed by atoms with Gasteiger partial charge in [0.05, 0.1) is 23.5 Å². The highest BCUT2D eigenvalue weighted by atomic mass is 35.5. The molecule has 18 heavy (non-hydrogen) atoms. The first-order chi connectivity index (χ1) is 8.22. The molecule has 0 aromatic heterocycles. The predicted octanol–water partition coefficient (Wildman–Crippen LogP) is 1.55. The zero-order chi connectivity index (χ0) is 12.0. The second kappa shape index (κ2) is 5.27. The molecule has 0 spiro atoms. The molecule has 0 amide bonds. The van der Waals surface area contributed by atoms with Crippen LogP contribution in [0.25, 0.3) is 0 Å². The van der Waals surface area contributed by atoms with Crippen LogP contribution >= 0.6 is 24.0 Å². The standard InChI is InChI=1S/C11H13BClNO3.ClH/c1-6-8-5-15-3-2-7-10(8)12(16-6)17-9(4-14)11(7)13;/h2-3,6,9H,4-5,14H2,1H3;1H. The minimum absolute atomic E-state index is 0. The van der Waals surface area contributed by atoms with Gasteiger partial charge in [-0.3, -0.25) is 0 Å². The Morgan fingerprint density at radius 2 is 2.28 bits per heavy atom. The molecule has 98 valence electrons. The first kappa shape index (κ1) is 14.0. The molecule has 7 heteroatoms. The van der Waals surface area contributed by atoms with Gasteiger partial charge < -0.3 is 19.8 Å². The average Bonchev–Trinajstić information content (AvgIpc) is 2.53. The van der Waals surface area contributed by atoms with E-state index in [0.717, 1.165) is 16.6 Å². The molecule has 0 saturated heterocycles. The quantitative estimate of drug-likeness (QED) is 0.744. The molecular formula is C11H14BCl2NO3. The Morgan fingerprint density at radius 3 is 3.00 bits per heavy atom. The number of rotatable bonds is 1. The topological polar surface area (TPSA) is 53.7 Å². The van der Waals surface area contributed by atoms with Crippen LogP contribution in [0.4, 0.5) is 0 Å². The molecule has 4 nitrogen and oxygen atoms in total. The van der Waals surface area contributed by atoms with Crippen LogP contribution in [-0.4, -0.2) is 32.5 Å². The van der Waals surface area contributed by atoms with Crippen LogP contribution < -0.4 is 5.73 Å². The smallest absolute Gasteiger partial charge is 0.495 e. The summed E-state index contributed by atoms with van der Waals surface area (Å²) in [5.74, 6) is 0. The van der Waals surface area contributed by atoms with Gasteiger partial charge in [0.2, 0.25) is 0 Å². The van der Waals surface area contributed by atoms with Gasteiger partial charge in [0.15, 0.2) is 0 Å². The van der Waals surface area contributed by atoms with Gasteiger partial charge in [-0.1, -0.05) is 11.6 Å². The molecule has 0 aromatic carbocycles. The van der Waals surface area contributed by atoms with Gasteiger partial charge in [0, 0.05) is 6.54 Å². The lowest BCUT2D eigenvalue weighted by atomic mass is 9.70. The van der Waals surface area contributed by atoms with E-state index in [2.05, 4.69) is 0 Å². The van der Waals surface area contributed by atoms with Gasteiger partial charge in [0.1, 0.15) is 6.61 Å². The van der Waals surface area contributed by atoms with Crippen molar-refractivity contribution in [3.8, 4) is 0 Å². The van der Waals surface area contributed by atoms with Crippen molar-refractivity contribution in [3.05, 3.63) is 34.0 Å². The minimum Gasteiger partial charge on any atom is -0.497 e. The Bertz CT molecular complexity index is 450. The minimum atomic E-state index is -0.364. The molecule has 0 bridgehead atoms. The fraction of sp³-hybridized carbons (Fsp3) is 0.455. The van der Waals surface area contributed by atoms with Crippen molar-refractivity contribution >= 4 is 31.1 Å². The zero-order valence-electron chi connectivity index (χ0n) is 9.89.